The molecule has 0 aliphatic rings. The van der Waals surface area contributed by atoms with Crippen molar-refractivity contribution in [3.8, 4) is 11.8 Å². The molecule has 0 bridgehead atoms. The molecule has 0 atom stereocenters. The summed E-state index contributed by atoms with van der Waals surface area (Å²) in [6, 6.07) is 5.79. The van der Waals surface area contributed by atoms with Crippen molar-refractivity contribution < 1.29 is 4.43 Å². The maximum atomic E-state index is 9.01. The Morgan fingerprint density at radius 3 is 2.33 bits per heavy atom. The van der Waals surface area contributed by atoms with Gasteiger partial charge in [0.05, 0.1) is 10.0 Å². The fourth-order valence-corrected chi connectivity index (χ4v) is 3.34. The molecular formula is C10H11Br2NOSi. The first-order valence-corrected chi connectivity index (χ1v) is 9.41. The average Bonchev–Trinajstić information content (AvgIpc) is 2.07. The molecule has 0 aliphatic heterocycles. The van der Waals surface area contributed by atoms with Crippen molar-refractivity contribution in [1.29, 1.82) is 5.26 Å². The molecular weight excluding hydrogens is 338 g/mol. The highest BCUT2D eigenvalue weighted by Crippen LogP contribution is 2.34. The number of nitrogens with zero attached hydrogens (tertiary/aromatic N) is 1. The molecule has 0 N–H and O–H groups in total. The van der Waals surface area contributed by atoms with Gasteiger partial charge in [0.25, 0.3) is 0 Å². The topological polar surface area (TPSA) is 33.0 Å². The molecule has 1 aromatic carbocycles. The van der Waals surface area contributed by atoms with Crippen LogP contribution in [0.15, 0.2) is 21.1 Å². The van der Waals surface area contributed by atoms with Crippen LogP contribution in [0.2, 0.25) is 19.6 Å². The van der Waals surface area contributed by atoms with Crippen LogP contribution >= 0.6 is 31.9 Å². The summed E-state index contributed by atoms with van der Waals surface area (Å²) < 4.78 is 7.54. The fourth-order valence-electron chi connectivity index (χ4n) is 1.05. The van der Waals surface area contributed by atoms with Gasteiger partial charge < -0.3 is 4.43 Å². The van der Waals surface area contributed by atoms with E-state index in [0.717, 1.165) is 8.95 Å². The third kappa shape index (κ3) is 3.63. The molecule has 0 unspecified atom stereocenters. The Morgan fingerprint density at radius 1 is 1.27 bits per heavy atom. The van der Waals surface area contributed by atoms with Gasteiger partial charge in [-0.3, -0.25) is 0 Å². The molecule has 1 rings (SSSR count). The molecule has 0 aromatic heterocycles. The van der Waals surface area contributed by atoms with E-state index in [2.05, 4.69) is 57.6 Å². The number of benzene rings is 1. The normalized spacial score (nSPS) is 10.9. The van der Waals surface area contributed by atoms with E-state index >= 15 is 0 Å². The van der Waals surface area contributed by atoms with E-state index in [0.29, 0.717) is 11.3 Å². The number of hydrogen-bond acceptors (Lipinski definition) is 2. The molecule has 1 aromatic rings. The van der Waals surface area contributed by atoms with Gasteiger partial charge in [0.2, 0.25) is 8.32 Å². The second kappa shape index (κ2) is 4.68. The van der Waals surface area contributed by atoms with Gasteiger partial charge in [-0.15, -0.1) is 0 Å². The Bertz CT molecular complexity index is 421. The van der Waals surface area contributed by atoms with Gasteiger partial charge in [-0.25, -0.2) is 0 Å². The van der Waals surface area contributed by atoms with Gasteiger partial charge in [0.15, 0.2) is 0 Å². The van der Waals surface area contributed by atoms with E-state index < -0.39 is 8.32 Å². The lowest BCUT2D eigenvalue weighted by molar-refractivity contribution is 0.552. The van der Waals surface area contributed by atoms with E-state index in [9.17, 15) is 0 Å². The molecule has 0 spiro atoms. The lowest BCUT2D eigenvalue weighted by Gasteiger charge is -2.21. The summed E-state index contributed by atoms with van der Waals surface area (Å²) in [7, 11) is -1.69. The van der Waals surface area contributed by atoms with Crippen LogP contribution in [0.3, 0.4) is 0 Å². The maximum absolute atomic E-state index is 9.01. The number of halogens is 2. The molecule has 0 radical (unpaired) electrons. The van der Waals surface area contributed by atoms with Crippen LogP contribution < -0.4 is 4.43 Å². The van der Waals surface area contributed by atoms with Crippen molar-refractivity contribution in [2.75, 3.05) is 0 Å². The van der Waals surface area contributed by atoms with Crippen molar-refractivity contribution in [1.82, 2.24) is 0 Å². The van der Waals surface area contributed by atoms with Gasteiger partial charge in [-0.2, -0.15) is 5.26 Å². The first kappa shape index (κ1) is 12.8. The zero-order valence-corrected chi connectivity index (χ0v) is 12.9. The third-order valence-electron chi connectivity index (χ3n) is 1.54. The molecule has 5 heteroatoms. The minimum absolute atomic E-state index is 0.554. The van der Waals surface area contributed by atoms with E-state index in [-0.39, 0.29) is 0 Å². The van der Waals surface area contributed by atoms with Crippen molar-refractivity contribution >= 4 is 40.2 Å². The van der Waals surface area contributed by atoms with Gasteiger partial charge >= 0.3 is 0 Å². The predicted octanol–water partition coefficient (Wildman–Crippen LogP) is 4.30. The molecule has 2 nitrogen and oxygen atoms in total. The Balaban J connectivity index is 3.23. The Morgan fingerprint density at radius 2 is 1.87 bits per heavy atom. The van der Waals surface area contributed by atoms with Crippen LogP contribution in [0, 0.1) is 11.3 Å². The van der Waals surface area contributed by atoms with Crippen LogP contribution in [-0.4, -0.2) is 8.32 Å². The van der Waals surface area contributed by atoms with Gasteiger partial charge in [0.1, 0.15) is 11.8 Å². The molecule has 0 aliphatic carbocycles. The maximum Gasteiger partial charge on any atom is 0.242 e. The summed E-state index contributed by atoms with van der Waals surface area (Å²) in [4.78, 5) is 0. The van der Waals surface area contributed by atoms with E-state index in [4.69, 9.17) is 9.69 Å². The summed E-state index contributed by atoms with van der Waals surface area (Å²) in [5, 5.41) is 9.01. The Hall–Kier alpha value is -0.313. The SMILES string of the molecule is C[Si](C)(C)Oc1c(Br)cc(Br)cc1C#N. The lowest BCUT2D eigenvalue weighted by atomic mass is 10.2. The predicted molar refractivity (Wildman–Crippen MR) is 70.5 cm³/mol. The highest BCUT2D eigenvalue weighted by atomic mass is 79.9. The summed E-state index contributed by atoms with van der Waals surface area (Å²) in [6.45, 7) is 6.26. The van der Waals surface area contributed by atoms with Crippen LogP contribution in [0.25, 0.3) is 0 Å². The van der Waals surface area contributed by atoms with Crippen LogP contribution in [-0.2, 0) is 0 Å². The highest BCUT2D eigenvalue weighted by molar-refractivity contribution is 9.11. The summed E-state index contributed by atoms with van der Waals surface area (Å²) >= 11 is 6.75. The number of hydrogen-bond donors (Lipinski definition) is 0. The van der Waals surface area contributed by atoms with E-state index in [1.807, 2.05) is 6.07 Å². The molecule has 0 amide bonds. The second-order valence-electron chi connectivity index (χ2n) is 4.09. The molecule has 0 saturated heterocycles. The van der Waals surface area contributed by atoms with Crippen molar-refractivity contribution in [3.63, 3.8) is 0 Å². The summed E-state index contributed by atoms with van der Waals surface area (Å²) in [5.41, 5.74) is 0.554. The Labute approximate surface area is 108 Å². The molecule has 0 fully saturated rings. The molecule has 80 valence electrons. The standard InChI is InChI=1S/C10H11Br2NOSi/c1-15(2,3)14-10-7(6-13)4-8(11)5-9(10)12/h4-5H,1-3H3. The number of rotatable bonds is 2. The first-order chi connectivity index (χ1) is 6.83. The minimum Gasteiger partial charge on any atom is -0.543 e. The zero-order valence-electron chi connectivity index (χ0n) is 8.77. The first-order valence-electron chi connectivity index (χ1n) is 4.41. The Kier molecular flexibility index (Phi) is 3.98. The highest BCUT2D eigenvalue weighted by Gasteiger charge is 2.20. The minimum atomic E-state index is -1.69. The van der Waals surface area contributed by atoms with Crippen molar-refractivity contribution in [2.45, 2.75) is 19.6 Å². The van der Waals surface area contributed by atoms with E-state index in [1.165, 1.54) is 0 Å². The van der Waals surface area contributed by atoms with E-state index in [1.54, 1.807) is 6.07 Å². The van der Waals surface area contributed by atoms with Crippen LogP contribution in [0.4, 0.5) is 0 Å². The molecule has 0 heterocycles. The quantitative estimate of drug-likeness (QED) is 0.746. The van der Waals surface area contributed by atoms with Crippen LogP contribution in [0.1, 0.15) is 5.56 Å². The number of nitriles is 1. The monoisotopic (exact) mass is 347 g/mol. The molecule has 15 heavy (non-hydrogen) atoms. The molecule has 0 saturated carbocycles. The smallest absolute Gasteiger partial charge is 0.242 e. The largest absolute Gasteiger partial charge is 0.543 e. The summed E-state index contributed by atoms with van der Waals surface area (Å²) in [6.07, 6.45) is 0. The van der Waals surface area contributed by atoms with Crippen molar-refractivity contribution in [2.24, 2.45) is 0 Å². The van der Waals surface area contributed by atoms with Gasteiger partial charge in [-0.1, -0.05) is 15.9 Å². The summed E-state index contributed by atoms with van der Waals surface area (Å²) in [5.74, 6) is 0.653. The van der Waals surface area contributed by atoms with Gasteiger partial charge in [-0.05, 0) is 47.7 Å². The average molecular weight is 349 g/mol. The van der Waals surface area contributed by atoms with Crippen LogP contribution in [0.5, 0.6) is 5.75 Å². The zero-order chi connectivity index (χ0) is 11.6. The third-order valence-corrected chi connectivity index (χ3v) is 3.40. The fraction of sp³-hybridized carbons (Fsp3) is 0.300. The van der Waals surface area contributed by atoms with Gasteiger partial charge in [0, 0.05) is 4.47 Å². The lowest BCUT2D eigenvalue weighted by Crippen LogP contribution is -2.29. The van der Waals surface area contributed by atoms with Crippen molar-refractivity contribution in [3.05, 3.63) is 26.6 Å². The second-order valence-corrected chi connectivity index (χ2v) is 10.3.